The van der Waals surface area contributed by atoms with Gasteiger partial charge < -0.3 is 14.7 Å². The Morgan fingerprint density at radius 2 is 2.53 bits per heavy atom. The predicted molar refractivity (Wildman–Crippen MR) is 63.3 cm³/mol. The van der Waals surface area contributed by atoms with Crippen LogP contribution in [-0.4, -0.2) is 48.3 Å². The Morgan fingerprint density at radius 1 is 1.71 bits per heavy atom. The van der Waals surface area contributed by atoms with Crippen LogP contribution in [-0.2, 0) is 4.74 Å². The first-order valence-electron chi connectivity index (χ1n) is 5.64. The van der Waals surface area contributed by atoms with E-state index >= 15 is 0 Å². The van der Waals surface area contributed by atoms with Crippen molar-refractivity contribution in [1.82, 2.24) is 4.98 Å². The van der Waals surface area contributed by atoms with Crippen molar-refractivity contribution < 1.29 is 14.6 Å². The van der Waals surface area contributed by atoms with Crippen LogP contribution >= 0.6 is 0 Å². The van der Waals surface area contributed by atoms with E-state index in [9.17, 15) is 9.90 Å². The predicted octanol–water partition coefficient (Wildman–Crippen LogP) is 0.482. The van der Waals surface area contributed by atoms with Crippen molar-refractivity contribution in [2.75, 3.05) is 31.3 Å². The third kappa shape index (κ3) is 2.62. The number of carbonyl (C=O) groups excluding carboxylic acids is 1. The number of nitrogens with zero attached hydrogens (tertiary/aromatic N) is 2. The molecule has 2 heterocycles. The Labute approximate surface area is 100 Å². The van der Waals surface area contributed by atoms with Gasteiger partial charge in [-0.1, -0.05) is 0 Å². The highest BCUT2D eigenvalue weighted by atomic mass is 16.5. The van der Waals surface area contributed by atoms with E-state index < -0.39 is 0 Å². The van der Waals surface area contributed by atoms with Gasteiger partial charge >= 0.3 is 0 Å². The maximum atomic E-state index is 11.3. The molecule has 0 aliphatic carbocycles. The number of pyridine rings is 1. The number of hydrogen-bond donors (Lipinski definition) is 1. The largest absolute Gasteiger partial charge is 0.394 e. The normalized spacial score (nSPS) is 20.4. The summed E-state index contributed by atoms with van der Waals surface area (Å²) >= 11 is 0. The summed E-state index contributed by atoms with van der Waals surface area (Å²) in [7, 11) is 0. The van der Waals surface area contributed by atoms with Crippen LogP contribution in [0.25, 0.3) is 0 Å². The van der Waals surface area contributed by atoms with E-state index in [-0.39, 0.29) is 18.4 Å². The molecule has 1 aliphatic rings. The minimum absolute atomic E-state index is 0.0162. The van der Waals surface area contributed by atoms with Gasteiger partial charge in [0.2, 0.25) is 0 Å². The molecule has 1 atom stereocenters. The average molecular weight is 236 g/mol. The monoisotopic (exact) mass is 236 g/mol. The van der Waals surface area contributed by atoms with E-state index in [2.05, 4.69) is 4.98 Å². The first kappa shape index (κ1) is 12.0. The quantitative estimate of drug-likeness (QED) is 0.773. The van der Waals surface area contributed by atoms with Gasteiger partial charge in [0.25, 0.3) is 0 Å². The Bertz CT molecular complexity index is 408. The summed E-state index contributed by atoms with van der Waals surface area (Å²) in [6, 6.07) is 3.37. The summed E-state index contributed by atoms with van der Waals surface area (Å²) in [5.41, 5.74) is 0.637. The van der Waals surface area contributed by atoms with Crippen LogP contribution < -0.4 is 4.90 Å². The van der Waals surface area contributed by atoms with Gasteiger partial charge in [-0.2, -0.15) is 0 Å². The van der Waals surface area contributed by atoms with Gasteiger partial charge in [0, 0.05) is 18.3 Å². The lowest BCUT2D eigenvalue weighted by Crippen LogP contribution is -2.48. The first-order valence-corrected chi connectivity index (χ1v) is 5.64. The topological polar surface area (TPSA) is 62.7 Å². The summed E-state index contributed by atoms with van der Waals surface area (Å²) < 4.78 is 5.31. The summed E-state index contributed by atoms with van der Waals surface area (Å²) in [5.74, 6) is 0.738. The summed E-state index contributed by atoms with van der Waals surface area (Å²) in [6.45, 7) is 3.33. The summed E-state index contributed by atoms with van der Waals surface area (Å²) in [6.07, 6.45) is 1.62. The Morgan fingerprint density at radius 3 is 3.24 bits per heavy atom. The summed E-state index contributed by atoms with van der Waals surface area (Å²) in [5, 5.41) is 9.28. The molecule has 1 unspecified atom stereocenters. The molecular weight excluding hydrogens is 220 g/mol. The molecule has 0 amide bonds. The van der Waals surface area contributed by atoms with Crippen LogP contribution in [0.2, 0.25) is 0 Å². The fourth-order valence-corrected chi connectivity index (χ4v) is 1.90. The van der Waals surface area contributed by atoms with E-state index in [1.54, 1.807) is 18.3 Å². The van der Waals surface area contributed by atoms with E-state index in [4.69, 9.17) is 4.74 Å². The van der Waals surface area contributed by atoms with Gasteiger partial charge in [-0.25, -0.2) is 4.98 Å². The Hall–Kier alpha value is -1.46. The second kappa shape index (κ2) is 5.25. The lowest BCUT2D eigenvalue weighted by Gasteiger charge is -2.35. The molecule has 0 spiro atoms. The number of hydrogen-bond acceptors (Lipinski definition) is 5. The zero-order chi connectivity index (χ0) is 12.3. The average Bonchev–Trinajstić information content (AvgIpc) is 2.39. The highest BCUT2D eigenvalue weighted by molar-refractivity contribution is 5.94. The van der Waals surface area contributed by atoms with Crippen molar-refractivity contribution in [2.45, 2.75) is 13.0 Å². The molecule has 17 heavy (non-hydrogen) atoms. The molecule has 1 aromatic rings. The number of morpholine rings is 1. The molecule has 1 N–H and O–H groups in total. The zero-order valence-electron chi connectivity index (χ0n) is 9.80. The number of anilines is 1. The molecule has 2 rings (SSSR count). The van der Waals surface area contributed by atoms with Gasteiger partial charge in [-0.3, -0.25) is 4.79 Å². The standard InChI is InChI=1S/C12H16N2O3/c1-9(16)10-2-3-13-12(6-10)14-4-5-17-8-11(14)7-15/h2-3,6,11,15H,4-5,7-8H2,1H3. The smallest absolute Gasteiger partial charge is 0.159 e. The Kier molecular flexibility index (Phi) is 3.71. The molecular formula is C12H16N2O3. The van der Waals surface area contributed by atoms with Crippen molar-refractivity contribution >= 4 is 11.6 Å². The fourth-order valence-electron chi connectivity index (χ4n) is 1.90. The molecule has 1 saturated heterocycles. The minimum atomic E-state index is -0.0848. The summed E-state index contributed by atoms with van der Waals surface area (Å²) in [4.78, 5) is 17.5. The maximum Gasteiger partial charge on any atom is 0.159 e. The van der Waals surface area contributed by atoms with Crippen LogP contribution in [0, 0.1) is 0 Å². The zero-order valence-corrected chi connectivity index (χ0v) is 9.80. The number of aromatic nitrogens is 1. The fraction of sp³-hybridized carbons (Fsp3) is 0.500. The molecule has 92 valence electrons. The molecule has 0 bridgehead atoms. The second-order valence-electron chi connectivity index (χ2n) is 4.06. The number of aliphatic hydroxyl groups excluding tert-OH is 1. The SMILES string of the molecule is CC(=O)c1ccnc(N2CCOCC2CO)c1. The number of aliphatic hydroxyl groups is 1. The van der Waals surface area contributed by atoms with Crippen molar-refractivity contribution in [3.05, 3.63) is 23.9 Å². The lowest BCUT2D eigenvalue weighted by molar-refractivity contribution is 0.0723. The van der Waals surface area contributed by atoms with Crippen LogP contribution in [0.5, 0.6) is 0 Å². The van der Waals surface area contributed by atoms with E-state index in [0.717, 1.165) is 5.82 Å². The van der Waals surface area contributed by atoms with Crippen LogP contribution in [0.4, 0.5) is 5.82 Å². The van der Waals surface area contributed by atoms with E-state index in [1.807, 2.05) is 4.90 Å². The molecule has 0 radical (unpaired) electrons. The third-order valence-electron chi connectivity index (χ3n) is 2.88. The highest BCUT2D eigenvalue weighted by Gasteiger charge is 2.23. The van der Waals surface area contributed by atoms with Gasteiger partial charge in [-0.15, -0.1) is 0 Å². The minimum Gasteiger partial charge on any atom is -0.394 e. The van der Waals surface area contributed by atoms with E-state index in [0.29, 0.717) is 25.3 Å². The van der Waals surface area contributed by atoms with Crippen molar-refractivity contribution in [2.24, 2.45) is 0 Å². The number of ether oxygens (including phenoxy) is 1. The van der Waals surface area contributed by atoms with Crippen LogP contribution in [0.15, 0.2) is 18.3 Å². The lowest BCUT2D eigenvalue weighted by atomic mass is 10.1. The number of ketones is 1. The van der Waals surface area contributed by atoms with Gasteiger partial charge in [0.15, 0.2) is 5.78 Å². The molecule has 1 aromatic heterocycles. The van der Waals surface area contributed by atoms with Crippen molar-refractivity contribution in [1.29, 1.82) is 0 Å². The van der Waals surface area contributed by atoms with Gasteiger partial charge in [-0.05, 0) is 19.1 Å². The van der Waals surface area contributed by atoms with Crippen molar-refractivity contribution in [3.8, 4) is 0 Å². The molecule has 5 nitrogen and oxygen atoms in total. The van der Waals surface area contributed by atoms with Gasteiger partial charge in [0.05, 0.1) is 25.9 Å². The van der Waals surface area contributed by atoms with Gasteiger partial charge in [0.1, 0.15) is 5.82 Å². The molecule has 5 heteroatoms. The third-order valence-corrected chi connectivity index (χ3v) is 2.88. The van der Waals surface area contributed by atoms with E-state index in [1.165, 1.54) is 6.92 Å². The molecule has 1 fully saturated rings. The number of Topliss-reactive ketones (excluding diaryl/α,β-unsaturated/α-hetero) is 1. The first-order chi connectivity index (χ1) is 8.22. The molecule has 0 aromatic carbocycles. The Balaban J connectivity index is 2.25. The number of carbonyl (C=O) groups is 1. The maximum absolute atomic E-state index is 11.3. The van der Waals surface area contributed by atoms with Crippen molar-refractivity contribution in [3.63, 3.8) is 0 Å². The second-order valence-corrected chi connectivity index (χ2v) is 4.06. The molecule has 0 saturated carbocycles. The highest BCUT2D eigenvalue weighted by Crippen LogP contribution is 2.18. The van der Waals surface area contributed by atoms with Crippen LogP contribution in [0.3, 0.4) is 0 Å². The molecule has 1 aliphatic heterocycles. The van der Waals surface area contributed by atoms with Crippen LogP contribution in [0.1, 0.15) is 17.3 Å². The number of rotatable bonds is 3.